The highest BCUT2D eigenvalue weighted by Crippen LogP contribution is 2.30. The smallest absolute Gasteiger partial charge is 0.260 e. The zero-order chi connectivity index (χ0) is 17.8. The summed E-state index contributed by atoms with van der Waals surface area (Å²) >= 11 is 13.8. The summed E-state index contributed by atoms with van der Waals surface area (Å²) < 4.78 is 0. The second kappa shape index (κ2) is 8.58. The average Bonchev–Trinajstić information content (AvgIpc) is 2.59. The van der Waals surface area contributed by atoms with Crippen LogP contribution < -0.4 is 10.5 Å². The Morgan fingerprint density at radius 3 is 2.48 bits per heavy atom. The molecule has 0 unspecified atom stereocenters. The monoisotopic (exact) mass is 398 g/mol. The maximum absolute atomic E-state index is 12.5. The van der Waals surface area contributed by atoms with Crippen molar-refractivity contribution < 1.29 is 4.90 Å². The lowest BCUT2D eigenvalue weighted by Gasteiger charge is -2.23. The average molecular weight is 399 g/mol. The highest BCUT2D eigenvalue weighted by molar-refractivity contribution is 7.98. The van der Waals surface area contributed by atoms with Gasteiger partial charge in [0.2, 0.25) is 0 Å². The van der Waals surface area contributed by atoms with Crippen molar-refractivity contribution in [1.82, 2.24) is 9.97 Å². The maximum atomic E-state index is 12.5. The van der Waals surface area contributed by atoms with Gasteiger partial charge >= 0.3 is 0 Å². The molecule has 1 aromatic carbocycles. The lowest BCUT2D eigenvalue weighted by Crippen LogP contribution is -3.11. The van der Waals surface area contributed by atoms with E-state index in [1.54, 1.807) is 0 Å². The van der Waals surface area contributed by atoms with Crippen molar-refractivity contribution in [2.75, 3.05) is 13.1 Å². The van der Waals surface area contributed by atoms with Crippen LogP contribution in [0.15, 0.2) is 28.2 Å². The van der Waals surface area contributed by atoms with Gasteiger partial charge in [-0.05, 0) is 43.9 Å². The number of hydrogen-bond acceptors (Lipinski definition) is 3. The van der Waals surface area contributed by atoms with Crippen LogP contribution in [0.25, 0.3) is 0 Å². The molecule has 7 heteroatoms. The number of aromatic nitrogens is 2. The summed E-state index contributed by atoms with van der Waals surface area (Å²) in [6, 6.07) is 5.45. The van der Waals surface area contributed by atoms with Crippen molar-refractivity contribution in [1.29, 1.82) is 0 Å². The number of rotatable bonds is 5. The second-order valence-electron chi connectivity index (χ2n) is 6.41. The number of likely N-dealkylation sites (tertiary alicyclic amines) is 1. The molecule has 1 aliphatic heterocycles. The number of piperidine rings is 1. The molecule has 1 fully saturated rings. The van der Waals surface area contributed by atoms with Crippen LogP contribution in [0.3, 0.4) is 0 Å². The number of hydrogen-bond donors (Lipinski definition) is 2. The minimum absolute atomic E-state index is 0.0293. The Hall–Kier alpha value is -1.01. The third-order valence-corrected chi connectivity index (χ3v) is 6.21. The predicted molar refractivity (Wildman–Crippen MR) is 104 cm³/mol. The molecule has 1 saturated heterocycles. The highest BCUT2D eigenvalue weighted by Gasteiger charge is 2.18. The largest absolute Gasteiger partial charge is 0.331 e. The third kappa shape index (κ3) is 4.79. The van der Waals surface area contributed by atoms with E-state index in [0.717, 1.165) is 36.5 Å². The van der Waals surface area contributed by atoms with E-state index in [1.807, 2.05) is 25.1 Å². The summed E-state index contributed by atoms with van der Waals surface area (Å²) in [4.78, 5) is 21.5. The van der Waals surface area contributed by atoms with Gasteiger partial charge in [0, 0.05) is 15.8 Å². The molecule has 0 spiro atoms. The van der Waals surface area contributed by atoms with Gasteiger partial charge in [-0.2, -0.15) is 0 Å². The summed E-state index contributed by atoms with van der Waals surface area (Å²) in [6.45, 7) is 4.96. The number of benzene rings is 1. The van der Waals surface area contributed by atoms with Gasteiger partial charge in [0.05, 0.1) is 24.3 Å². The van der Waals surface area contributed by atoms with E-state index in [9.17, 15) is 4.79 Å². The fourth-order valence-corrected chi connectivity index (χ4v) is 4.80. The Bertz CT molecular complexity index is 783. The van der Waals surface area contributed by atoms with Crippen molar-refractivity contribution in [3.8, 4) is 0 Å². The number of aromatic amines is 1. The fraction of sp³-hybridized carbons (Fsp3) is 0.444. The Labute approximate surface area is 161 Å². The molecule has 0 aliphatic carbocycles. The molecule has 0 atom stereocenters. The number of thioether (sulfide) groups is 1. The first-order valence-electron chi connectivity index (χ1n) is 8.53. The lowest BCUT2D eigenvalue weighted by molar-refractivity contribution is -0.918. The quantitative estimate of drug-likeness (QED) is 0.600. The van der Waals surface area contributed by atoms with Crippen molar-refractivity contribution >= 4 is 35.0 Å². The standard InChI is InChI=1S/C18H21Cl2N3OS/c1-12-13(10-23-8-3-2-4-9-23)17(24)22-18(21-12)25-11-14-15(19)6-5-7-16(14)20/h5-7H,2-4,8-11H2,1H3,(H,21,22,24)/p+1. The summed E-state index contributed by atoms with van der Waals surface area (Å²) in [6.07, 6.45) is 3.79. The molecular formula is C18H22Cl2N3OS+. The molecular weight excluding hydrogens is 377 g/mol. The molecule has 0 radical (unpaired) electrons. The normalized spacial score (nSPS) is 15.5. The number of H-pyrrole nitrogens is 1. The topological polar surface area (TPSA) is 50.2 Å². The van der Waals surface area contributed by atoms with Gasteiger partial charge in [-0.3, -0.25) is 4.79 Å². The minimum Gasteiger partial charge on any atom is -0.331 e. The third-order valence-electron chi connectivity index (χ3n) is 4.60. The first kappa shape index (κ1) is 18.8. The molecule has 25 heavy (non-hydrogen) atoms. The molecule has 2 aromatic rings. The molecule has 2 heterocycles. The molecule has 0 bridgehead atoms. The van der Waals surface area contributed by atoms with Crippen molar-refractivity contribution in [2.24, 2.45) is 0 Å². The van der Waals surface area contributed by atoms with Gasteiger partial charge in [0.25, 0.3) is 5.56 Å². The fourth-order valence-electron chi connectivity index (χ4n) is 3.15. The highest BCUT2D eigenvalue weighted by atomic mass is 35.5. The van der Waals surface area contributed by atoms with Gasteiger partial charge in [0.1, 0.15) is 6.54 Å². The number of quaternary nitrogens is 1. The first-order valence-corrected chi connectivity index (χ1v) is 10.3. The van der Waals surface area contributed by atoms with Crippen LogP contribution in [0.5, 0.6) is 0 Å². The van der Waals surface area contributed by atoms with Crippen molar-refractivity contribution in [2.45, 2.75) is 43.6 Å². The summed E-state index contributed by atoms with van der Waals surface area (Å²) in [5.74, 6) is 0.567. The number of nitrogens with one attached hydrogen (secondary N) is 2. The van der Waals surface area contributed by atoms with Crippen LogP contribution in [-0.4, -0.2) is 23.1 Å². The lowest BCUT2D eigenvalue weighted by atomic mass is 10.1. The van der Waals surface area contributed by atoms with Gasteiger partial charge in [-0.25, -0.2) is 4.98 Å². The molecule has 134 valence electrons. The number of aryl methyl sites for hydroxylation is 1. The molecule has 2 N–H and O–H groups in total. The van der Waals surface area contributed by atoms with Gasteiger partial charge in [-0.15, -0.1) is 0 Å². The molecule has 1 aliphatic rings. The minimum atomic E-state index is -0.0293. The van der Waals surface area contributed by atoms with Crippen LogP contribution >= 0.6 is 35.0 Å². The number of nitrogens with zero attached hydrogens (tertiary/aromatic N) is 1. The van der Waals surface area contributed by atoms with E-state index in [1.165, 1.54) is 35.9 Å². The van der Waals surface area contributed by atoms with E-state index < -0.39 is 0 Å². The van der Waals surface area contributed by atoms with E-state index in [2.05, 4.69) is 9.97 Å². The molecule has 3 rings (SSSR count). The molecule has 1 aromatic heterocycles. The second-order valence-corrected chi connectivity index (χ2v) is 8.19. The van der Waals surface area contributed by atoms with Crippen LogP contribution in [0.2, 0.25) is 10.0 Å². The van der Waals surface area contributed by atoms with Gasteiger partial charge in [0.15, 0.2) is 5.16 Å². The predicted octanol–water partition coefficient (Wildman–Crippen LogP) is 3.25. The molecule has 4 nitrogen and oxygen atoms in total. The van der Waals surface area contributed by atoms with Crippen LogP contribution in [0, 0.1) is 6.92 Å². The summed E-state index contributed by atoms with van der Waals surface area (Å²) in [5, 5.41) is 1.87. The molecule has 0 amide bonds. The summed E-state index contributed by atoms with van der Waals surface area (Å²) in [5.41, 5.74) is 2.45. The Kier molecular flexibility index (Phi) is 6.44. The Morgan fingerprint density at radius 2 is 1.84 bits per heavy atom. The van der Waals surface area contributed by atoms with Gasteiger partial charge in [-0.1, -0.05) is 41.0 Å². The Balaban J connectivity index is 1.72. The Morgan fingerprint density at radius 1 is 1.16 bits per heavy atom. The maximum Gasteiger partial charge on any atom is 0.260 e. The van der Waals surface area contributed by atoms with Gasteiger partial charge < -0.3 is 9.88 Å². The zero-order valence-corrected chi connectivity index (χ0v) is 16.5. The van der Waals surface area contributed by atoms with Crippen molar-refractivity contribution in [3.63, 3.8) is 0 Å². The van der Waals surface area contributed by atoms with E-state index in [-0.39, 0.29) is 5.56 Å². The SMILES string of the molecule is Cc1nc(SCc2c(Cl)cccc2Cl)[nH]c(=O)c1C[NH+]1CCCCC1. The van der Waals surface area contributed by atoms with Crippen LogP contribution in [-0.2, 0) is 12.3 Å². The zero-order valence-electron chi connectivity index (χ0n) is 14.2. The van der Waals surface area contributed by atoms with Crippen molar-refractivity contribution in [3.05, 3.63) is 55.4 Å². The molecule has 0 saturated carbocycles. The van der Waals surface area contributed by atoms with E-state index >= 15 is 0 Å². The van der Waals surface area contributed by atoms with Crippen LogP contribution in [0.4, 0.5) is 0 Å². The van der Waals surface area contributed by atoms with Crippen LogP contribution in [0.1, 0.15) is 36.1 Å². The van der Waals surface area contributed by atoms with E-state index in [4.69, 9.17) is 23.2 Å². The number of halogens is 2. The first-order chi connectivity index (χ1) is 12.0. The summed E-state index contributed by atoms with van der Waals surface area (Å²) in [7, 11) is 0. The van der Waals surface area contributed by atoms with E-state index in [0.29, 0.717) is 21.0 Å².